The number of rotatable bonds is 2. The van der Waals surface area contributed by atoms with Crippen molar-refractivity contribution in [1.29, 1.82) is 0 Å². The van der Waals surface area contributed by atoms with Crippen LogP contribution in [0.5, 0.6) is 0 Å². The Morgan fingerprint density at radius 2 is 1.18 bits per heavy atom. The minimum atomic E-state index is -0.207. The number of hydrogen-bond donors (Lipinski definition) is 0. The zero-order chi connectivity index (χ0) is 22.6. The molecule has 6 aromatic rings. The monoisotopic (exact) mass is 445 g/mol. The van der Waals surface area contributed by atoms with E-state index < -0.39 is 0 Å². The first-order chi connectivity index (χ1) is 16.0. The summed E-state index contributed by atoms with van der Waals surface area (Å²) in [6, 6.07) is 29.7. The highest BCUT2D eigenvalue weighted by Gasteiger charge is 2.23. The Bertz CT molecular complexity index is 1650. The van der Waals surface area contributed by atoms with Crippen LogP contribution in [0.2, 0.25) is 0 Å². The summed E-state index contributed by atoms with van der Waals surface area (Å²) in [7, 11) is 0. The summed E-state index contributed by atoms with van der Waals surface area (Å²) in [6.45, 7) is 6.46. The highest BCUT2D eigenvalue weighted by atomic mass is 32.1. The maximum Gasteiger partial charge on any atom is 0.164 e. The van der Waals surface area contributed by atoms with E-state index in [9.17, 15) is 0 Å². The number of aromatic nitrogens is 3. The molecule has 0 unspecified atom stereocenters. The van der Waals surface area contributed by atoms with E-state index in [0.29, 0.717) is 0 Å². The standard InChI is InChI=1S/C29H23N3S/c1-29(2,3)28-31-26(20-14-8-11-18-10-4-5-12-19(18)20)30-27(32-28)22-15-9-17-24-25(22)21-13-6-7-16-23(21)33-24/h4-17H,1-3H3. The molecule has 0 spiro atoms. The van der Waals surface area contributed by atoms with Gasteiger partial charge in [0, 0.05) is 36.7 Å². The molecule has 0 saturated heterocycles. The SMILES string of the molecule is CC(C)(C)c1nc(-c2cccc3ccccc23)nc(-c2cccc3sc4ccccc4c23)n1. The Hall–Kier alpha value is -3.63. The van der Waals surface area contributed by atoms with Crippen LogP contribution in [0.25, 0.3) is 53.7 Å². The molecule has 0 saturated carbocycles. The van der Waals surface area contributed by atoms with E-state index in [0.717, 1.165) is 34.0 Å². The quantitative estimate of drug-likeness (QED) is 0.271. The van der Waals surface area contributed by atoms with E-state index in [1.165, 1.54) is 25.6 Å². The molecule has 0 aliphatic heterocycles. The van der Waals surface area contributed by atoms with Crippen LogP contribution < -0.4 is 0 Å². The lowest BCUT2D eigenvalue weighted by atomic mass is 9.95. The summed E-state index contributed by atoms with van der Waals surface area (Å²) in [6.07, 6.45) is 0. The van der Waals surface area contributed by atoms with E-state index in [2.05, 4.69) is 106 Å². The Balaban J connectivity index is 1.67. The Morgan fingerprint density at radius 3 is 2.00 bits per heavy atom. The maximum absolute atomic E-state index is 5.06. The van der Waals surface area contributed by atoms with Gasteiger partial charge in [0.2, 0.25) is 0 Å². The molecule has 0 amide bonds. The molecule has 0 atom stereocenters. The van der Waals surface area contributed by atoms with Gasteiger partial charge >= 0.3 is 0 Å². The van der Waals surface area contributed by atoms with Gasteiger partial charge in [0.1, 0.15) is 5.82 Å². The van der Waals surface area contributed by atoms with Gasteiger partial charge in [-0.3, -0.25) is 0 Å². The van der Waals surface area contributed by atoms with Gasteiger partial charge < -0.3 is 0 Å². The molecule has 2 aromatic heterocycles. The molecule has 0 radical (unpaired) electrons. The third-order valence-corrected chi connectivity index (χ3v) is 7.12. The molecule has 0 fully saturated rings. The number of benzene rings is 4. The van der Waals surface area contributed by atoms with E-state index in [4.69, 9.17) is 15.0 Å². The van der Waals surface area contributed by atoms with Crippen LogP contribution in [0.15, 0.2) is 84.9 Å². The molecular weight excluding hydrogens is 422 g/mol. The van der Waals surface area contributed by atoms with Crippen molar-refractivity contribution in [2.45, 2.75) is 26.2 Å². The molecule has 4 aromatic carbocycles. The van der Waals surface area contributed by atoms with Crippen LogP contribution in [-0.4, -0.2) is 15.0 Å². The van der Waals surface area contributed by atoms with Crippen LogP contribution in [0.4, 0.5) is 0 Å². The van der Waals surface area contributed by atoms with Crippen LogP contribution in [0, 0.1) is 0 Å². The van der Waals surface area contributed by atoms with Crippen molar-refractivity contribution in [2.75, 3.05) is 0 Å². The van der Waals surface area contributed by atoms with E-state index in [1.807, 2.05) is 11.3 Å². The average Bonchev–Trinajstić information content (AvgIpc) is 3.22. The lowest BCUT2D eigenvalue weighted by molar-refractivity contribution is 0.544. The van der Waals surface area contributed by atoms with Gasteiger partial charge in [-0.2, -0.15) is 0 Å². The molecule has 3 nitrogen and oxygen atoms in total. The van der Waals surface area contributed by atoms with Crippen molar-refractivity contribution >= 4 is 42.3 Å². The largest absolute Gasteiger partial charge is 0.212 e. The third kappa shape index (κ3) is 3.38. The number of hydrogen-bond acceptors (Lipinski definition) is 4. The number of nitrogens with zero attached hydrogens (tertiary/aromatic N) is 3. The van der Waals surface area contributed by atoms with Gasteiger partial charge in [-0.05, 0) is 22.9 Å². The second-order valence-electron chi connectivity index (χ2n) is 9.36. The fourth-order valence-electron chi connectivity index (χ4n) is 4.33. The van der Waals surface area contributed by atoms with Gasteiger partial charge in [-0.15, -0.1) is 11.3 Å². The van der Waals surface area contributed by atoms with Crippen LogP contribution >= 0.6 is 11.3 Å². The fraction of sp³-hybridized carbons (Fsp3) is 0.138. The maximum atomic E-state index is 5.06. The topological polar surface area (TPSA) is 38.7 Å². The summed E-state index contributed by atoms with van der Waals surface area (Å²) in [4.78, 5) is 15.0. The zero-order valence-electron chi connectivity index (χ0n) is 18.8. The minimum absolute atomic E-state index is 0.207. The van der Waals surface area contributed by atoms with Crippen molar-refractivity contribution < 1.29 is 0 Å². The van der Waals surface area contributed by atoms with Crippen molar-refractivity contribution in [3.05, 3.63) is 90.8 Å². The fourth-order valence-corrected chi connectivity index (χ4v) is 5.47. The second kappa shape index (κ2) is 7.46. The lowest BCUT2D eigenvalue weighted by Crippen LogP contribution is -2.18. The molecule has 4 heteroatoms. The Morgan fingerprint density at radius 1 is 0.576 bits per heavy atom. The number of fused-ring (bicyclic) bond motifs is 4. The van der Waals surface area contributed by atoms with Crippen LogP contribution in [0.3, 0.4) is 0 Å². The summed E-state index contributed by atoms with van der Waals surface area (Å²) in [5, 5.41) is 4.79. The predicted octanol–water partition coefficient (Wildman–Crippen LogP) is 8.02. The highest BCUT2D eigenvalue weighted by molar-refractivity contribution is 7.25. The summed E-state index contributed by atoms with van der Waals surface area (Å²) < 4.78 is 2.53. The summed E-state index contributed by atoms with van der Waals surface area (Å²) in [5.74, 6) is 2.25. The summed E-state index contributed by atoms with van der Waals surface area (Å²) in [5.41, 5.74) is 1.88. The minimum Gasteiger partial charge on any atom is -0.212 e. The number of thiophene rings is 1. The van der Waals surface area contributed by atoms with E-state index in [1.54, 1.807) is 0 Å². The van der Waals surface area contributed by atoms with Crippen molar-refractivity contribution in [3.63, 3.8) is 0 Å². The predicted molar refractivity (Wildman–Crippen MR) is 140 cm³/mol. The van der Waals surface area contributed by atoms with Crippen molar-refractivity contribution in [2.24, 2.45) is 0 Å². The van der Waals surface area contributed by atoms with Crippen molar-refractivity contribution in [1.82, 2.24) is 15.0 Å². The first-order valence-corrected chi connectivity index (χ1v) is 12.0. The third-order valence-electron chi connectivity index (χ3n) is 5.98. The van der Waals surface area contributed by atoms with E-state index in [-0.39, 0.29) is 5.41 Å². The molecule has 33 heavy (non-hydrogen) atoms. The molecule has 0 bridgehead atoms. The molecular formula is C29H23N3S. The molecule has 2 heterocycles. The first kappa shape index (κ1) is 20.0. The van der Waals surface area contributed by atoms with Crippen molar-refractivity contribution in [3.8, 4) is 22.8 Å². The highest BCUT2D eigenvalue weighted by Crippen LogP contribution is 2.39. The second-order valence-corrected chi connectivity index (χ2v) is 10.4. The molecule has 0 aliphatic rings. The average molecular weight is 446 g/mol. The lowest BCUT2D eigenvalue weighted by Gasteiger charge is -2.19. The first-order valence-electron chi connectivity index (χ1n) is 11.1. The van der Waals surface area contributed by atoms with Gasteiger partial charge in [0.05, 0.1) is 0 Å². The molecule has 0 aliphatic carbocycles. The Labute approximate surface area is 196 Å². The molecule has 160 valence electrons. The zero-order valence-corrected chi connectivity index (χ0v) is 19.6. The van der Waals surface area contributed by atoms with Crippen LogP contribution in [0.1, 0.15) is 26.6 Å². The van der Waals surface area contributed by atoms with Gasteiger partial charge in [-0.1, -0.05) is 93.6 Å². The van der Waals surface area contributed by atoms with Gasteiger partial charge in [-0.25, -0.2) is 15.0 Å². The van der Waals surface area contributed by atoms with Crippen LogP contribution in [-0.2, 0) is 5.41 Å². The van der Waals surface area contributed by atoms with Gasteiger partial charge in [0.25, 0.3) is 0 Å². The summed E-state index contributed by atoms with van der Waals surface area (Å²) >= 11 is 1.81. The van der Waals surface area contributed by atoms with Gasteiger partial charge in [0.15, 0.2) is 11.6 Å². The van der Waals surface area contributed by atoms with E-state index >= 15 is 0 Å². The Kier molecular flexibility index (Phi) is 4.52. The molecule has 6 rings (SSSR count). The normalized spacial score (nSPS) is 12.1. The molecule has 0 N–H and O–H groups in total. The smallest absolute Gasteiger partial charge is 0.164 e.